The first-order chi connectivity index (χ1) is 19.8. The van der Waals surface area contributed by atoms with Gasteiger partial charge in [-0.2, -0.15) is 5.10 Å². The van der Waals surface area contributed by atoms with Gasteiger partial charge in [0.1, 0.15) is 29.4 Å². The Labute approximate surface area is 236 Å². The van der Waals surface area contributed by atoms with Crippen molar-refractivity contribution in [3.05, 3.63) is 78.9 Å². The standard InChI is InChI=1S/C30H29N9O2/c1-37(2)25-15-20(11-12-32-25)39-30-27(29(31)33-17-34-30)28(36-39)19-9-10-22(24(14-19)41-4)35-26(40)16-21-13-18-7-5-6-8-23(18)38(21)3/h5-15,17H,16H2,1-4H3,(H,35,40)(H2,31,33,34). The van der Waals surface area contributed by atoms with Crippen LogP contribution >= 0.6 is 0 Å². The predicted molar refractivity (Wildman–Crippen MR) is 160 cm³/mol. The molecule has 0 saturated carbocycles. The highest BCUT2D eigenvalue weighted by molar-refractivity contribution is 6.00. The summed E-state index contributed by atoms with van der Waals surface area (Å²) in [5.41, 5.74) is 11.6. The Morgan fingerprint density at radius 1 is 1.05 bits per heavy atom. The van der Waals surface area contributed by atoms with Crippen molar-refractivity contribution in [1.29, 1.82) is 0 Å². The molecule has 0 bridgehead atoms. The highest BCUT2D eigenvalue weighted by atomic mass is 16.5. The number of para-hydroxylation sites is 1. The van der Waals surface area contributed by atoms with Crippen LogP contribution in [0.2, 0.25) is 0 Å². The number of methoxy groups -OCH3 is 1. The van der Waals surface area contributed by atoms with E-state index in [1.807, 2.05) is 85.2 Å². The first-order valence-electron chi connectivity index (χ1n) is 13.0. The van der Waals surface area contributed by atoms with Crippen LogP contribution in [0.4, 0.5) is 17.3 Å². The van der Waals surface area contributed by atoms with E-state index in [-0.39, 0.29) is 12.3 Å². The maximum Gasteiger partial charge on any atom is 0.230 e. The molecule has 206 valence electrons. The van der Waals surface area contributed by atoms with Gasteiger partial charge in [0.15, 0.2) is 5.65 Å². The van der Waals surface area contributed by atoms with Gasteiger partial charge in [-0.15, -0.1) is 0 Å². The molecule has 0 aliphatic heterocycles. The van der Waals surface area contributed by atoms with Gasteiger partial charge in [-0.25, -0.2) is 19.6 Å². The van der Waals surface area contributed by atoms with Gasteiger partial charge in [-0.1, -0.05) is 24.3 Å². The van der Waals surface area contributed by atoms with Crippen LogP contribution in [0, 0.1) is 0 Å². The summed E-state index contributed by atoms with van der Waals surface area (Å²) in [4.78, 5) is 28.1. The number of aryl methyl sites for hydroxylation is 1. The van der Waals surface area contributed by atoms with Crippen LogP contribution in [0.5, 0.6) is 5.75 Å². The van der Waals surface area contributed by atoms with E-state index in [0.717, 1.165) is 33.7 Å². The summed E-state index contributed by atoms with van der Waals surface area (Å²) in [5.74, 6) is 1.43. The minimum Gasteiger partial charge on any atom is -0.495 e. The third kappa shape index (κ3) is 4.67. The summed E-state index contributed by atoms with van der Waals surface area (Å²) in [7, 11) is 7.37. The van der Waals surface area contributed by atoms with Crippen molar-refractivity contribution in [3.63, 3.8) is 0 Å². The van der Waals surface area contributed by atoms with Crippen LogP contribution in [0.15, 0.2) is 73.2 Å². The van der Waals surface area contributed by atoms with E-state index >= 15 is 0 Å². The average Bonchev–Trinajstić information content (AvgIpc) is 3.52. The molecule has 0 unspecified atom stereocenters. The number of benzene rings is 2. The summed E-state index contributed by atoms with van der Waals surface area (Å²) in [5, 5.41) is 9.59. The highest BCUT2D eigenvalue weighted by Gasteiger charge is 2.20. The van der Waals surface area contributed by atoms with Gasteiger partial charge in [0.2, 0.25) is 5.91 Å². The lowest BCUT2D eigenvalue weighted by Gasteiger charge is -2.12. The monoisotopic (exact) mass is 547 g/mol. The number of carbonyl (C=O) groups is 1. The Morgan fingerprint density at radius 2 is 1.88 bits per heavy atom. The van der Waals surface area contributed by atoms with Gasteiger partial charge in [-0.3, -0.25) is 4.79 Å². The molecular weight excluding hydrogens is 518 g/mol. The molecule has 4 heterocycles. The maximum atomic E-state index is 13.1. The minimum absolute atomic E-state index is 0.149. The number of nitrogens with zero attached hydrogens (tertiary/aromatic N) is 7. The molecule has 11 nitrogen and oxygen atoms in total. The molecule has 6 aromatic rings. The zero-order valence-corrected chi connectivity index (χ0v) is 23.2. The summed E-state index contributed by atoms with van der Waals surface area (Å²) < 4.78 is 9.44. The maximum absolute atomic E-state index is 13.1. The van der Waals surface area contributed by atoms with Crippen molar-refractivity contribution < 1.29 is 9.53 Å². The molecule has 0 atom stereocenters. The number of nitrogens with one attached hydrogen (secondary N) is 1. The van der Waals surface area contributed by atoms with E-state index in [2.05, 4.69) is 20.3 Å². The predicted octanol–water partition coefficient (Wildman–Crippen LogP) is 4.21. The number of anilines is 3. The number of fused-ring (bicyclic) bond motifs is 2. The second-order valence-corrected chi connectivity index (χ2v) is 9.88. The van der Waals surface area contributed by atoms with Crippen molar-refractivity contribution >= 4 is 45.2 Å². The molecule has 1 amide bonds. The van der Waals surface area contributed by atoms with E-state index in [9.17, 15) is 4.79 Å². The quantitative estimate of drug-likeness (QED) is 0.304. The summed E-state index contributed by atoms with van der Waals surface area (Å²) in [6, 6.07) is 19.4. The second kappa shape index (κ2) is 10.3. The number of hydrogen-bond donors (Lipinski definition) is 2. The molecule has 41 heavy (non-hydrogen) atoms. The van der Waals surface area contributed by atoms with Gasteiger partial charge < -0.3 is 25.3 Å². The van der Waals surface area contributed by atoms with Gasteiger partial charge in [0, 0.05) is 50.2 Å². The number of aromatic nitrogens is 6. The third-order valence-corrected chi connectivity index (χ3v) is 7.07. The van der Waals surface area contributed by atoms with Crippen LogP contribution in [0.25, 0.3) is 38.9 Å². The average molecular weight is 548 g/mol. The first kappa shape index (κ1) is 25.8. The van der Waals surface area contributed by atoms with Crippen molar-refractivity contribution in [2.24, 2.45) is 7.05 Å². The lowest BCUT2D eigenvalue weighted by atomic mass is 10.1. The molecule has 2 aromatic carbocycles. The van der Waals surface area contributed by atoms with Gasteiger partial charge in [0.05, 0.1) is 30.3 Å². The van der Waals surface area contributed by atoms with Gasteiger partial charge in [0.25, 0.3) is 0 Å². The first-order valence-corrected chi connectivity index (χ1v) is 13.0. The largest absolute Gasteiger partial charge is 0.495 e. The number of hydrogen-bond acceptors (Lipinski definition) is 8. The molecular formula is C30H29N9O2. The summed E-state index contributed by atoms with van der Waals surface area (Å²) >= 11 is 0. The van der Waals surface area contributed by atoms with Crippen LogP contribution in [-0.4, -0.2) is 56.4 Å². The lowest BCUT2D eigenvalue weighted by molar-refractivity contribution is -0.115. The number of nitrogen functional groups attached to an aromatic ring is 1. The Morgan fingerprint density at radius 3 is 2.66 bits per heavy atom. The number of pyridine rings is 1. The fourth-order valence-corrected chi connectivity index (χ4v) is 4.96. The van der Waals surface area contributed by atoms with Gasteiger partial charge in [-0.05, 0) is 35.7 Å². The highest BCUT2D eigenvalue weighted by Crippen LogP contribution is 2.36. The number of carbonyl (C=O) groups excluding carboxylic acids is 1. The Hall–Kier alpha value is -5.45. The SMILES string of the molecule is COc1cc(-c2nn(-c3ccnc(N(C)C)c3)c3ncnc(N)c23)ccc1NC(=O)Cc1cc2ccccc2n1C. The van der Waals surface area contributed by atoms with E-state index in [1.54, 1.807) is 24.1 Å². The Balaban J connectivity index is 1.34. The summed E-state index contributed by atoms with van der Waals surface area (Å²) in [6.07, 6.45) is 3.36. The zero-order valence-electron chi connectivity index (χ0n) is 23.2. The van der Waals surface area contributed by atoms with Crippen molar-refractivity contribution in [2.45, 2.75) is 6.42 Å². The smallest absolute Gasteiger partial charge is 0.230 e. The minimum atomic E-state index is -0.149. The molecule has 0 fully saturated rings. The lowest BCUT2D eigenvalue weighted by Crippen LogP contribution is -2.16. The number of nitrogens with two attached hydrogens (primary N) is 1. The van der Waals surface area contributed by atoms with Crippen LogP contribution in [-0.2, 0) is 18.3 Å². The van der Waals surface area contributed by atoms with E-state index in [1.165, 1.54) is 6.33 Å². The molecule has 0 spiro atoms. The van der Waals surface area contributed by atoms with E-state index in [4.69, 9.17) is 15.6 Å². The molecule has 0 radical (unpaired) electrons. The van der Waals surface area contributed by atoms with E-state index in [0.29, 0.717) is 34.0 Å². The molecule has 0 saturated heterocycles. The molecule has 11 heteroatoms. The fourth-order valence-electron chi connectivity index (χ4n) is 4.96. The van der Waals surface area contributed by atoms with Crippen LogP contribution in [0.1, 0.15) is 5.69 Å². The molecule has 4 aromatic heterocycles. The third-order valence-electron chi connectivity index (χ3n) is 7.07. The van der Waals surface area contributed by atoms with Crippen molar-refractivity contribution in [2.75, 3.05) is 37.2 Å². The Bertz CT molecular complexity index is 1920. The molecule has 0 aliphatic carbocycles. The topological polar surface area (TPSA) is 129 Å². The van der Waals surface area contributed by atoms with Gasteiger partial charge >= 0.3 is 0 Å². The zero-order chi connectivity index (χ0) is 28.7. The Kier molecular flexibility index (Phi) is 6.46. The molecule has 3 N–H and O–H groups in total. The van der Waals surface area contributed by atoms with Crippen molar-refractivity contribution in [1.82, 2.24) is 29.3 Å². The normalized spacial score (nSPS) is 11.2. The molecule has 6 rings (SSSR count). The van der Waals surface area contributed by atoms with Crippen LogP contribution in [0.3, 0.4) is 0 Å². The second-order valence-electron chi connectivity index (χ2n) is 9.88. The van der Waals surface area contributed by atoms with Crippen LogP contribution < -0.4 is 20.7 Å². The number of rotatable bonds is 7. The molecule has 0 aliphatic rings. The fraction of sp³-hybridized carbons (Fsp3) is 0.167. The van der Waals surface area contributed by atoms with E-state index < -0.39 is 0 Å². The van der Waals surface area contributed by atoms with Crippen molar-refractivity contribution in [3.8, 4) is 22.7 Å². The summed E-state index contributed by atoms with van der Waals surface area (Å²) in [6.45, 7) is 0. The number of ether oxygens (including phenoxy) is 1. The number of amides is 1.